The van der Waals surface area contributed by atoms with Crippen LogP contribution in [0.5, 0.6) is 0 Å². The Bertz CT molecular complexity index is 1060. The maximum Gasteiger partial charge on any atom is 0.129 e. The van der Waals surface area contributed by atoms with Gasteiger partial charge in [0.25, 0.3) is 0 Å². The number of hydrogen-bond donors (Lipinski definition) is 0. The molecule has 0 aliphatic heterocycles. The molecular formula is C24H20Cl2N4. The van der Waals surface area contributed by atoms with Gasteiger partial charge in [-0.05, 0) is 96.5 Å². The van der Waals surface area contributed by atoms with Gasteiger partial charge in [0.1, 0.15) is 10.3 Å². The van der Waals surface area contributed by atoms with E-state index in [2.05, 4.69) is 32.1 Å². The summed E-state index contributed by atoms with van der Waals surface area (Å²) < 4.78 is 0. The molecular weight excluding hydrogens is 415 g/mol. The number of aryl methyl sites for hydroxylation is 4. The first-order valence-electron chi connectivity index (χ1n) is 9.77. The van der Waals surface area contributed by atoms with Gasteiger partial charge in [-0.1, -0.05) is 23.2 Å². The fourth-order valence-corrected chi connectivity index (χ4v) is 3.71. The molecule has 4 aromatic rings. The lowest BCUT2D eigenvalue weighted by atomic mass is 10.0. The Labute approximate surface area is 186 Å². The van der Waals surface area contributed by atoms with Crippen LogP contribution in [0.1, 0.15) is 22.3 Å². The maximum atomic E-state index is 5.98. The number of halogens is 2. The molecule has 4 heterocycles. The Balaban J connectivity index is 1.44. The molecule has 150 valence electrons. The van der Waals surface area contributed by atoms with Gasteiger partial charge < -0.3 is 0 Å². The Morgan fingerprint density at radius 3 is 1.17 bits per heavy atom. The fraction of sp³-hybridized carbons (Fsp3) is 0.167. The summed E-state index contributed by atoms with van der Waals surface area (Å²) in [5.74, 6) is 0. The average Bonchev–Trinajstić information content (AvgIpc) is 2.77. The molecule has 0 aliphatic carbocycles. The van der Waals surface area contributed by atoms with Gasteiger partial charge in [-0.25, -0.2) is 9.97 Å². The second kappa shape index (κ2) is 9.79. The summed E-state index contributed by atoms with van der Waals surface area (Å²) in [6, 6.07) is 16.1. The van der Waals surface area contributed by atoms with E-state index in [9.17, 15) is 0 Å². The topological polar surface area (TPSA) is 51.6 Å². The molecule has 0 radical (unpaired) electrons. The van der Waals surface area contributed by atoms with Crippen molar-refractivity contribution in [3.63, 3.8) is 0 Å². The molecule has 0 saturated heterocycles. The third kappa shape index (κ3) is 5.62. The zero-order valence-electron chi connectivity index (χ0n) is 16.3. The van der Waals surface area contributed by atoms with Gasteiger partial charge in [0.05, 0.1) is 11.4 Å². The quantitative estimate of drug-likeness (QED) is 0.344. The SMILES string of the molecule is Clc1cc(CCc2ccnc(-c3cc(CCc4ccnc(Cl)c4)ccn3)c2)ccn1. The van der Waals surface area contributed by atoms with Crippen LogP contribution >= 0.6 is 23.2 Å². The van der Waals surface area contributed by atoms with E-state index in [1.165, 1.54) is 22.3 Å². The van der Waals surface area contributed by atoms with Crippen molar-refractivity contribution in [2.75, 3.05) is 0 Å². The largest absolute Gasteiger partial charge is 0.255 e. The van der Waals surface area contributed by atoms with Crippen molar-refractivity contribution >= 4 is 23.2 Å². The third-order valence-electron chi connectivity index (χ3n) is 4.90. The highest BCUT2D eigenvalue weighted by Crippen LogP contribution is 2.19. The Morgan fingerprint density at radius 1 is 0.467 bits per heavy atom. The van der Waals surface area contributed by atoms with Gasteiger partial charge in [-0.15, -0.1) is 0 Å². The van der Waals surface area contributed by atoms with Crippen LogP contribution in [0.25, 0.3) is 11.4 Å². The van der Waals surface area contributed by atoms with Crippen LogP contribution < -0.4 is 0 Å². The van der Waals surface area contributed by atoms with E-state index < -0.39 is 0 Å². The van der Waals surface area contributed by atoms with E-state index >= 15 is 0 Å². The van der Waals surface area contributed by atoms with E-state index in [1.54, 1.807) is 12.4 Å². The van der Waals surface area contributed by atoms with Crippen molar-refractivity contribution in [3.8, 4) is 11.4 Å². The van der Waals surface area contributed by atoms with Crippen LogP contribution in [-0.4, -0.2) is 19.9 Å². The first kappa shape index (κ1) is 20.5. The molecule has 0 saturated carbocycles. The average molecular weight is 435 g/mol. The highest BCUT2D eigenvalue weighted by atomic mass is 35.5. The molecule has 0 amide bonds. The Hall–Kier alpha value is -2.82. The van der Waals surface area contributed by atoms with Crippen molar-refractivity contribution < 1.29 is 0 Å². The number of nitrogens with zero attached hydrogens (tertiary/aromatic N) is 4. The van der Waals surface area contributed by atoms with Crippen molar-refractivity contribution in [1.29, 1.82) is 0 Å². The first-order chi connectivity index (χ1) is 14.7. The second-order valence-electron chi connectivity index (χ2n) is 7.07. The minimum atomic E-state index is 0.526. The van der Waals surface area contributed by atoms with Gasteiger partial charge >= 0.3 is 0 Å². The monoisotopic (exact) mass is 434 g/mol. The molecule has 4 nitrogen and oxygen atoms in total. The zero-order chi connectivity index (χ0) is 20.8. The Morgan fingerprint density at radius 2 is 0.800 bits per heavy atom. The fourth-order valence-electron chi connectivity index (χ4n) is 3.31. The summed E-state index contributed by atoms with van der Waals surface area (Å²) in [5.41, 5.74) is 6.54. The first-order valence-corrected chi connectivity index (χ1v) is 10.5. The normalized spacial score (nSPS) is 10.9. The van der Waals surface area contributed by atoms with Gasteiger partial charge in [0, 0.05) is 24.8 Å². The Kier molecular flexibility index (Phi) is 6.67. The third-order valence-corrected chi connectivity index (χ3v) is 5.31. The van der Waals surface area contributed by atoms with Crippen molar-refractivity contribution in [1.82, 2.24) is 19.9 Å². The molecule has 4 rings (SSSR count). The number of rotatable bonds is 7. The molecule has 0 atom stereocenters. The highest BCUT2D eigenvalue weighted by molar-refractivity contribution is 6.29. The molecule has 4 aromatic heterocycles. The van der Waals surface area contributed by atoms with Crippen LogP contribution in [0.2, 0.25) is 10.3 Å². The van der Waals surface area contributed by atoms with E-state index in [0.717, 1.165) is 37.1 Å². The highest BCUT2D eigenvalue weighted by Gasteiger charge is 2.06. The molecule has 0 fully saturated rings. The van der Waals surface area contributed by atoms with Crippen molar-refractivity contribution in [2.45, 2.75) is 25.7 Å². The molecule has 0 spiro atoms. The number of pyridine rings is 4. The zero-order valence-corrected chi connectivity index (χ0v) is 17.8. The lowest BCUT2D eigenvalue weighted by Gasteiger charge is -2.07. The van der Waals surface area contributed by atoms with Gasteiger partial charge in [-0.3, -0.25) is 9.97 Å². The minimum absolute atomic E-state index is 0.526. The summed E-state index contributed by atoms with van der Waals surface area (Å²) in [7, 11) is 0. The van der Waals surface area contributed by atoms with Gasteiger partial charge in [0.2, 0.25) is 0 Å². The molecule has 0 unspecified atom stereocenters. The molecule has 30 heavy (non-hydrogen) atoms. The molecule has 6 heteroatoms. The minimum Gasteiger partial charge on any atom is -0.255 e. The molecule has 0 bridgehead atoms. The predicted octanol–water partition coefficient (Wildman–Crippen LogP) is 5.81. The summed E-state index contributed by atoms with van der Waals surface area (Å²) in [6.45, 7) is 0. The molecule has 0 aromatic carbocycles. The standard InChI is InChI=1S/C24H20Cl2N4/c25-23-15-19(7-11-29-23)3-1-17-5-9-27-21(13-17)22-14-18(6-10-28-22)2-4-20-8-12-30-24(26)16-20/h5-16H,1-4H2. The molecule has 0 aliphatic rings. The van der Waals surface area contributed by atoms with Crippen LogP contribution in [-0.2, 0) is 25.7 Å². The van der Waals surface area contributed by atoms with E-state index in [4.69, 9.17) is 23.2 Å². The maximum absolute atomic E-state index is 5.98. The van der Waals surface area contributed by atoms with Crippen LogP contribution in [0.4, 0.5) is 0 Å². The summed E-state index contributed by atoms with van der Waals surface area (Å²) in [6.07, 6.45) is 10.8. The lowest BCUT2D eigenvalue weighted by Crippen LogP contribution is -1.96. The predicted molar refractivity (Wildman–Crippen MR) is 121 cm³/mol. The van der Waals surface area contributed by atoms with Crippen molar-refractivity contribution in [2.24, 2.45) is 0 Å². The number of aromatic nitrogens is 4. The lowest BCUT2D eigenvalue weighted by molar-refractivity contribution is 0.946. The van der Waals surface area contributed by atoms with Crippen LogP contribution in [0.3, 0.4) is 0 Å². The smallest absolute Gasteiger partial charge is 0.129 e. The van der Waals surface area contributed by atoms with Gasteiger partial charge in [-0.2, -0.15) is 0 Å². The van der Waals surface area contributed by atoms with E-state index in [0.29, 0.717) is 10.3 Å². The van der Waals surface area contributed by atoms with Crippen LogP contribution in [0.15, 0.2) is 73.3 Å². The molecule has 0 N–H and O–H groups in total. The van der Waals surface area contributed by atoms with Crippen molar-refractivity contribution in [3.05, 3.63) is 106 Å². The summed E-state index contributed by atoms with van der Waals surface area (Å²) in [5, 5.41) is 1.05. The van der Waals surface area contributed by atoms with Crippen LogP contribution in [0, 0.1) is 0 Å². The second-order valence-corrected chi connectivity index (χ2v) is 7.85. The number of hydrogen-bond acceptors (Lipinski definition) is 4. The summed E-state index contributed by atoms with van der Waals surface area (Å²) in [4.78, 5) is 17.1. The van der Waals surface area contributed by atoms with Gasteiger partial charge in [0.15, 0.2) is 0 Å². The van der Waals surface area contributed by atoms with E-state index in [-0.39, 0.29) is 0 Å². The summed E-state index contributed by atoms with van der Waals surface area (Å²) >= 11 is 12.0. The van der Waals surface area contributed by atoms with E-state index in [1.807, 2.05) is 48.8 Å².